The van der Waals surface area contributed by atoms with Crippen LogP contribution in [0.5, 0.6) is 5.75 Å². The Bertz CT molecular complexity index is 1060. The minimum atomic E-state index is -0.472. The van der Waals surface area contributed by atoms with Crippen LogP contribution in [0.3, 0.4) is 0 Å². The van der Waals surface area contributed by atoms with Gasteiger partial charge in [-0.25, -0.2) is 0 Å². The lowest BCUT2D eigenvalue weighted by Gasteiger charge is -2.37. The van der Waals surface area contributed by atoms with Gasteiger partial charge in [0.25, 0.3) is 5.91 Å². The highest BCUT2D eigenvalue weighted by Gasteiger charge is 2.41. The fourth-order valence-electron chi connectivity index (χ4n) is 4.12. The van der Waals surface area contributed by atoms with E-state index in [1.807, 2.05) is 47.0 Å². The molecule has 1 spiro atoms. The van der Waals surface area contributed by atoms with Crippen molar-refractivity contribution < 1.29 is 19.0 Å². The largest absolute Gasteiger partial charge is 0.497 e. The maximum absolute atomic E-state index is 13.1. The van der Waals surface area contributed by atoms with Crippen LogP contribution in [0.25, 0.3) is 21.5 Å². The highest BCUT2D eigenvalue weighted by Crippen LogP contribution is 2.36. The lowest BCUT2D eigenvalue weighted by Crippen LogP contribution is -2.47. The number of thiophene rings is 1. The summed E-state index contributed by atoms with van der Waals surface area (Å²) >= 11 is 1.49. The van der Waals surface area contributed by atoms with Gasteiger partial charge in [-0.3, -0.25) is 9.48 Å². The molecule has 2 aromatic heterocycles. The molecule has 8 heteroatoms. The number of carbonyl (C=O) groups is 1. The van der Waals surface area contributed by atoms with E-state index >= 15 is 0 Å². The predicted molar refractivity (Wildman–Crippen MR) is 110 cm³/mol. The number of carbonyl (C=O) groups excluding carboxylic acids is 1. The van der Waals surface area contributed by atoms with Crippen LogP contribution in [0.2, 0.25) is 0 Å². The van der Waals surface area contributed by atoms with E-state index in [0.29, 0.717) is 26.3 Å². The van der Waals surface area contributed by atoms with E-state index in [-0.39, 0.29) is 5.91 Å². The SMILES string of the molecule is COc1cccc(-c2nn(C)c3sc(C(=O)N4CCC5(CC4)OCCO5)cc23)c1. The Labute approximate surface area is 172 Å². The van der Waals surface area contributed by atoms with E-state index in [0.717, 1.165) is 44.9 Å². The monoisotopic (exact) mass is 413 g/mol. The van der Waals surface area contributed by atoms with E-state index in [4.69, 9.17) is 14.2 Å². The first-order chi connectivity index (χ1) is 14.1. The molecule has 5 rings (SSSR count). The minimum Gasteiger partial charge on any atom is -0.497 e. The second kappa shape index (κ2) is 7.12. The number of benzene rings is 1. The summed E-state index contributed by atoms with van der Waals surface area (Å²) in [5, 5.41) is 5.66. The van der Waals surface area contributed by atoms with Gasteiger partial charge in [-0.2, -0.15) is 5.10 Å². The Morgan fingerprint density at radius 1 is 1.21 bits per heavy atom. The molecule has 29 heavy (non-hydrogen) atoms. The molecule has 0 bridgehead atoms. The van der Waals surface area contributed by atoms with Crippen molar-refractivity contribution in [1.29, 1.82) is 0 Å². The molecule has 2 fully saturated rings. The first-order valence-corrected chi connectivity index (χ1v) is 10.6. The van der Waals surface area contributed by atoms with Crippen molar-refractivity contribution in [2.45, 2.75) is 18.6 Å². The Hall–Kier alpha value is -2.42. The van der Waals surface area contributed by atoms with Crippen LogP contribution in [0.1, 0.15) is 22.5 Å². The molecule has 2 aliphatic rings. The van der Waals surface area contributed by atoms with Crippen LogP contribution in [-0.2, 0) is 16.5 Å². The number of rotatable bonds is 3. The summed E-state index contributed by atoms with van der Waals surface area (Å²) in [5.74, 6) is 0.377. The average molecular weight is 413 g/mol. The zero-order valence-electron chi connectivity index (χ0n) is 16.5. The maximum atomic E-state index is 13.1. The summed E-state index contributed by atoms with van der Waals surface area (Å²) in [6.07, 6.45) is 1.44. The zero-order chi connectivity index (χ0) is 20.0. The Morgan fingerprint density at radius 3 is 2.69 bits per heavy atom. The van der Waals surface area contributed by atoms with Gasteiger partial charge in [0.2, 0.25) is 0 Å². The van der Waals surface area contributed by atoms with Crippen LogP contribution >= 0.6 is 11.3 Å². The molecule has 1 amide bonds. The molecule has 7 nitrogen and oxygen atoms in total. The molecule has 2 saturated heterocycles. The number of amides is 1. The molecule has 4 heterocycles. The number of fused-ring (bicyclic) bond motifs is 1. The summed E-state index contributed by atoms with van der Waals surface area (Å²) < 4.78 is 18.7. The molecular weight excluding hydrogens is 390 g/mol. The van der Waals surface area contributed by atoms with Crippen LogP contribution < -0.4 is 4.74 Å². The number of piperidine rings is 1. The number of aryl methyl sites for hydroxylation is 1. The van der Waals surface area contributed by atoms with E-state index in [2.05, 4.69) is 5.10 Å². The fraction of sp³-hybridized carbons (Fsp3) is 0.429. The predicted octanol–water partition coefficient (Wildman–Crippen LogP) is 3.29. The second-order valence-corrected chi connectivity index (χ2v) is 8.46. The van der Waals surface area contributed by atoms with Gasteiger partial charge in [0.15, 0.2) is 5.79 Å². The number of nitrogens with zero attached hydrogens (tertiary/aromatic N) is 3. The van der Waals surface area contributed by atoms with E-state index in [1.165, 1.54) is 11.3 Å². The van der Waals surface area contributed by atoms with Gasteiger partial charge in [0.05, 0.1) is 25.2 Å². The van der Waals surface area contributed by atoms with Crippen molar-refractivity contribution >= 4 is 27.5 Å². The van der Waals surface area contributed by atoms with Gasteiger partial charge in [-0.15, -0.1) is 11.3 Å². The summed E-state index contributed by atoms with van der Waals surface area (Å²) in [6, 6.07) is 9.80. The maximum Gasteiger partial charge on any atom is 0.264 e. The lowest BCUT2D eigenvalue weighted by molar-refractivity contribution is -0.181. The molecule has 0 saturated carbocycles. The molecular formula is C21H23N3O4S. The lowest BCUT2D eigenvalue weighted by atomic mass is 10.0. The van der Waals surface area contributed by atoms with Gasteiger partial charge < -0.3 is 19.1 Å². The molecule has 0 aliphatic carbocycles. The first kappa shape index (κ1) is 18.6. The third kappa shape index (κ3) is 3.21. The zero-order valence-corrected chi connectivity index (χ0v) is 17.3. The third-order valence-corrected chi connectivity index (χ3v) is 6.88. The van der Waals surface area contributed by atoms with E-state index < -0.39 is 5.79 Å². The van der Waals surface area contributed by atoms with Crippen LogP contribution in [0, 0.1) is 0 Å². The smallest absolute Gasteiger partial charge is 0.264 e. The summed E-state index contributed by atoms with van der Waals surface area (Å²) in [6.45, 7) is 2.58. The molecule has 0 atom stereocenters. The number of hydrogen-bond donors (Lipinski definition) is 0. The van der Waals surface area contributed by atoms with Crippen LogP contribution in [0.15, 0.2) is 30.3 Å². The molecule has 2 aliphatic heterocycles. The van der Waals surface area contributed by atoms with Crippen molar-refractivity contribution in [1.82, 2.24) is 14.7 Å². The average Bonchev–Trinajstić information content (AvgIpc) is 3.46. The number of likely N-dealkylation sites (tertiary alicyclic amines) is 1. The Morgan fingerprint density at radius 2 is 1.97 bits per heavy atom. The molecule has 1 aromatic carbocycles. The van der Waals surface area contributed by atoms with Crippen molar-refractivity contribution in [2.75, 3.05) is 33.4 Å². The number of aromatic nitrogens is 2. The van der Waals surface area contributed by atoms with Gasteiger partial charge in [-0.1, -0.05) is 12.1 Å². The topological polar surface area (TPSA) is 65.8 Å². The van der Waals surface area contributed by atoms with Gasteiger partial charge in [-0.05, 0) is 18.2 Å². The standard InChI is InChI=1S/C21H23N3O4S/c1-23-20-16(18(22-23)14-4-3-5-15(12-14)26-2)13-17(29-20)19(25)24-8-6-21(7-9-24)27-10-11-28-21/h3-5,12-13H,6-11H2,1-2H3. The molecule has 0 unspecified atom stereocenters. The first-order valence-electron chi connectivity index (χ1n) is 9.77. The van der Waals surface area contributed by atoms with Gasteiger partial charge in [0, 0.05) is 43.9 Å². The summed E-state index contributed by atoms with van der Waals surface area (Å²) in [4.78, 5) is 16.8. The van der Waals surface area contributed by atoms with Crippen molar-refractivity contribution in [3.63, 3.8) is 0 Å². The van der Waals surface area contributed by atoms with E-state index in [9.17, 15) is 4.79 Å². The van der Waals surface area contributed by atoms with Crippen LogP contribution in [-0.4, -0.2) is 59.8 Å². The van der Waals surface area contributed by atoms with Crippen molar-refractivity contribution in [3.05, 3.63) is 35.2 Å². The molecule has 3 aromatic rings. The summed E-state index contributed by atoms with van der Waals surface area (Å²) in [7, 11) is 3.56. The molecule has 152 valence electrons. The quantitative estimate of drug-likeness (QED) is 0.659. The highest BCUT2D eigenvalue weighted by molar-refractivity contribution is 7.20. The van der Waals surface area contributed by atoms with Crippen molar-refractivity contribution in [2.24, 2.45) is 7.05 Å². The van der Waals surface area contributed by atoms with E-state index in [1.54, 1.807) is 7.11 Å². The Kier molecular flexibility index (Phi) is 4.57. The second-order valence-electron chi connectivity index (χ2n) is 7.43. The van der Waals surface area contributed by atoms with Crippen molar-refractivity contribution in [3.8, 4) is 17.0 Å². The molecule has 0 radical (unpaired) electrons. The van der Waals surface area contributed by atoms with Gasteiger partial charge >= 0.3 is 0 Å². The number of ether oxygens (including phenoxy) is 3. The normalized spacial score (nSPS) is 18.6. The van der Waals surface area contributed by atoms with Crippen LogP contribution in [0.4, 0.5) is 0 Å². The summed E-state index contributed by atoms with van der Waals surface area (Å²) in [5.41, 5.74) is 1.84. The van der Waals surface area contributed by atoms with Gasteiger partial charge in [0.1, 0.15) is 16.3 Å². The number of methoxy groups -OCH3 is 1. The Balaban J connectivity index is 1.42. The number of hydrogen-bond acceptors (Lipinski definition) is 6. The molecule has 0 N–H and O–H groups in total. The third-order valence-electron chi connectivity index (χ3n) is 5.69. The highest BCUT2D eigenvalue weighted by atomic mass is 32.1. The minimum absolute atomic E-state index is 0.0654. The fourth-order valence-corrected chi connectivity index (χ4v) is 5.16.